The first-order chi connectivity index (χ1) is 12.6. The molecule has 0 aliphatic heterocycles. The van der Waals surface area contributed by atoms with Gasteiger partial charge in [-0.3, -0.25) is 9.59 Å². The molecule has 0 heterocycles. The Kier molecular flexibility index (Phi) is 5.88. The van der Waals surface area contributed by atoms with Gasteiger partial charge in [-0.1, -0.05) is 26.7 Å². The number of hydrogen-bond acceptors (Lipinski definition) is 6. The van der Waals surface area contributed by atoms with E-state index < -0.39 is 23.0 Å². The van der Waals surface area contributed by atoms with Crippen LogP contribution in [0.4, 0.5) is 0 Å². The molecular weight excluding hydrogens is 348 g/mol. The minimum Gasteiger partial charge on any atom is -0.433 e. The summed E-state index contributed by atoms with van der Waals surface area (Å²) in [5.74, 6) is -3.70. The number of rotatable bonds is 5. The van der Waals surface area contributed by atoms with Gasteiger partial charge in [0.2, 0.25) is 11.6 Å². The highest BCUT2D eigenvalue weighted by molar-refractivity contribution is 5.76. The smallest absolute Gasteiger partial charge is 0.311 e. The number of carbonyl (C=O) groups excluding carboxylic acids is 2. The second-order valence-corrected chi connectivity index (χ2v) is 9.42. The maximum absolute atomic E-state index is 12.6. The minimum atomic E-state index is -1.32. The van der Waals surface area contributed by atoms with Crippen molar-refractivity contribution in [1.29, 1.82) is 0 Å². The van der Waals surface area contributed by atoms with Crippen LogP contribution in [-0.2, 0) is 19.1 Å². The Morgan fingerprint density at radius 2 is 1.33 bits per heavy atom. The Hall–Kier alpha value is -1.14. The maximum atomic E-state index is 12.6. The zero-order chi connectivity index (χ0) is 19.7. The van der Waals surface area contributed by atoms with Crippen LogP contribution in [0.5, 0.6) is 0 Å². The van der Waals surface area contributed by atoms with E-state index in [1.165, 1.54) is 0 Å². The zero-order valence-electron chi connectivity index (χ0n) is 16.7. The summed E-state index contributed by atoms with van der Waals surface area (Å²) in [5, 5.41) is 20.8. The molecule has 3 fully saturated rings. The summed E-state index contributed by atoms with van der Waals surface area (Å²) in [6, 6.07) is 0. The Morgan fingerprint density at radius 1 is 0.852 bits per heavy atom. The molecule has 0 aromatic heterocycles. The molecule has 154 valence electrons. The van der Waals surface area contributed by atoms with Crippen molar-refractivity contribution in [3.05, 3.63) is 0 Å². The molecule has 27 heavy (non-hydrogen) atoms. The third-order valence-corrected chi connectivity index (χ3v) is 7.03. The molecule has 0 saturated heterocycles. The first kappa shape index (κ1) is 20.6. The third-order valence-electron chi connectivity index (χ3n) is 7.03. The molecule has 2 unspecified atom stereocenters. The second-order valence-electron chi connectivity index (χ2n) is 9.42. The number of esters is 2. The molecule has 0 amide bonds. The summed E-state index contributed by atoms with van der Waals surface area (Å²) in [6.45, 7) is 3.92. The van der Waals surface area contributed by atoms with Crippen LogP contribution < -0.4 is 0 Å². The topological polar surface area (TPSA) is 93.1 Å². The molecule has 3 rings (SSSR count). The summed E-state index contributed by atoms with van der Waals surface area (Å²) in [7, 11) is 0. The standard InChI is InChI=1S/C21H34O6/c1-19(2)15(14-17(22)26-20(24)9-5-3-6-10-20)13-16(19)18(23)27-21(25)11-7-4-8-12-21/h15-16,24-25H,3-14H2,1-2H3. The van der Waals surface area contributed by atoms with Crippen molar-refractivity contribution in [1.82, 2.24) is 0 Å². The van der Waals surface area contributed by atoms with E-state index in [-0.39, 0.29) is 24.2 Å². The van der Waals surface area contributed by atoms with Gasteiger partial charge in [0.15, 0.2) is 0 Å². The molecule has 2 atom stereocenters. The zero-order valence-corrected chi connectivity index (χ0v) is 16.7. The number of aliphatic hydroxyl groups is 2. The van der Waals surface area contributed by atoms with E-state index in [1.807, 2.05) is 13.8 Å². The highest BCUT2D eigenvalue weighted by Crippen LogP contribution is 2.54. The van der Waals surface area contributed by atoms with Crippen LogP contribution >= 0.6 is 0 Å². The fourth-order valence-electron chi connectivity index (χ4n) is 4.89. The molecular formula is C21H34O6. The molecule has 6 heteroatoms. The van der Waals surface area contributed by atoms with E-state index >= 15 is 0 Å². The molecule has 3 saturated carbocycles. The highest BCUT2D eigenvalue weighted by Gasteiger charge is 2.54. The fourth-order valence-corrected chi connectivity index (χ4v) is 4.89. The summed E-state index contributed by atoms with van der Waals surface area (Å²) < 4.78 is 10.8. The van der Waals surface area contributed by atoms with Gasteiger partial charge in [-0.2, -0.15) is 0 Å². The van der Waals surface area contributed by atoms with E-state index in [4.69, 9.17) is 9.47 Å². The van der Waals surface area contributed by atoms with Gasteiger partial charge in [-0.05, 0) is 43.4 Å². The van der Waals surface area contributed by atoms with Crippen molar-refractivity contribution in [2.75, 3.05) is 0 Å². The van der Waals surface area contributed by atoms with Crippen LogP contribution in [0.3, 0.4) is 0 Å². The summed E-state index contributed by atoms with van der Waals surface area (Å²) in [5.41, 5.74) is -0.393. The predicted molar refractivity (Wildman–Crippen MR) is 98.2 cm³/mol. The lowest BCUT2D eigenvalue weighted by atomic mass is 9.54. The molecule has 3 aliphatic rings. The normalized spacial score (nSPS) is 31.4. The molecule has 6 nitrogen and oxygen atoms in total. The van der Waals surface area contributed by atoms with Crippen LogP contribution in [0.1, 0.15) is 90.9 Å². The Bertz CT molecular complexity index is 557. The summed E-state index contributed by atoms with van der Waals surface area (Å²) in [6.07, 6.45) is 8.35. The van der Waals surface area contributed by atoms with E-state index in [2.05, 4.69) is 0 Å². The molecule has 0 radical (unpaired) electrons. The molecule has 0 spiro atoms. The van der Waals surface area contributed by atoms with Crippen LogP contribution in [-0.4, -0.2) is 33.7 Å². The van der Waals surface area contributed by atoms with Gasteiger partial charge in [0.25, 0.3) is 0 Å². The van der Waals surface area contributed by atoms with Gasteiger partial charge in [-0.25, -0.2) is 0 Å². The average molecular weight is 382 g/mol. The average Bonchev–Trinajstić information content (AvgIpc) is 2.58. The van der Waals surface area contributed by atoms with Crippen molar-refractivity contribution < 1.29 is 29.3 Å². The van der Waals surface area contributed by atoms with Crippen molar-refractivity contribution in [3.63, 3.8) is 0 Å². The minimum absolute atomic E-state index is 0.00994. The SMILES string of the molecule is CC1(C)C(CC(=O)OC2(O)CCCCC2)CC1C(=O)OC1(O)CCCCC1. The molecule has 0 aromatic carbocycles. The lowest BCUT2D eigenvalue weighted by Crippen LogP contribution is -2.52. The van der Waals surface area contributed by atoms with Gasteiger partial charge >= 0.3 is 11.9 Å². The highest BCUT2D eigenvalue weighted by atomic mass is 16.7. The summed E-state index contributed by atoms with van der Waals surface area (Å²) in [4.78, 5) is 24.9. The Balaban J connectivity index is 1.50. The van der Waals surface area contributed by atoms with Crippen LogP contribution in [0.25, 0.3) is 0 Å². The van der Waals surface area contributed by atoms with Gasteiger partial charge in [0, 0.05) is 32.1 Å². The van der Waals surface area contributed by atoms with E-state index in [9.17, 15) is 19.8 Å². The quantitative estimate of drug-likeness (QED) is 0.559. The third kappa shape index (κ3) is 4.65. The molecule has 2 N–H and O–H groups in total. The predicted octanol–water partition coefficient (Wildman–Crippen LogP) is 3.43. The van der Waals surface area contributed by atoms with Gasteiger partial charge in [0.1, 0.15) is 0 Å². The monoisotopic (exact) mass is 382 g/mol. The number of ether oxygens (including phenoxy) is 2. The Labute approximate surface area is 161 Å². The summed E-state index contributed by atoms with van der Waals surface area (Å²) >= 11 is 0. The van der Waals surface area contributed by atoms with Crippen LogP contribution in [0, 0.1) is 17.3 Å². The van der Waals surface area contributed by atoms with Crippen molar-refractivity contribution in [2.24, 2.45) is 17.3 Å². The van der Waals surface area contributed by atoms with E-state index in [0.29, 0.717) is 32.1 Å². The molecule has 3 aliphatic carbocycles. The van der Waals surface area contributed by atoms with Crippen LogP contribution in [0.2, 0.25) is 0 Å². The second kappa shape index (κ2) is 7.70. The van der Waals surface area contributed by atoms with Crippen molar-refractivity contribution in [2.45, 2.75) is 102 Å². The molecule has 0 aromatic rings. The van der Waals surface area contributed by atoms with Crippen molar-refractivity contribution in [3.8, 4) is 0 Å². The maximum Gasteiger partial charge on any atom is 0.311 e. The first-order valence-corrected chi connectivity index (χ1v) is 10.5. The lowest BCUT2D eigenvalue weighted by Gasteiger charge is -2.51. The number of carbonyl (C=O) groups is 2. The lowest BCUT2D eigenvalue weighted by molar-refractivity contribution is -0.237. The fraction of sp³-hybridized carbons (Fsp3) is 0.905. The van der Waals surface area contributed by atoms with Crippen molar-refractivity contribution >= 4 is 11.9 Å². The largest absolute Gasteiger partial charge is 0.433 e. The van der Waals surface area contributed by atoms with Gasteiger partial charge in [0.05, 0.1) is 5.92 Å². The van der Waals surface area contributed by atoms with Crippen LogP contribution in [0.15, 0.2) is 0 Å². The molecule has 0 bridgehead atoms. The Morgan fingerprint density at radius 3 is 1.81 bits per heavy atom. The van der Waals surface area contributed by atoms with E-state index in [0.717, 1.165) is 38.5 Å². The van der Waals surface area contributed by atoms with E-state index in [1.54, 1.807) is 0 Å². The van der Waals surface area contributed by atoms with Gasteiger partial charge in [-0.15, -0.1) is 0 Å². The van der Waals surface area contributed by atoms with Gasteiger partial charge < -0.3 is 19.7 Å². The first-order valence-electron chi connectivity index (χ1n) is 10.5. The number of hydrogen-bond donors (Lipinski definition) is 2.